The number of hydrogen-bond donors (Lipinski definition) is 2. The van der Waals surface area contributed by atoms with Gasteiger partial charge in [-0.25, -0.2) is 4.98 Å². The first-order chi connectivity index (χ1) is 14.2. The Hall–Kier alpha value is -3.43. The molecule has 2 aromatic heterocycles. The molecule has 3 aromatic rings. The highest BCUT2D eigenvalue weighted by atomic mass is 19.4. The number of carbonyl (C=O) groups excluding carboxylic acids is 1. The summed E-state index contributed by atoms with van der Waals surface area (Å²) in [7, 11) is 0. The fourth-order valence-electron chi connectivity index (χ4n) is 3.25. The highest BCUT2D eigenvalue weighted by Gasteiger charge is 2.44. The standard InChI is InChI=1S/C20H18F3N5O2/c1-19(8-10-25-17(19)29)18-28-27-16(30-18)15-14(3-2-9-24-15)26-13-6-4-12(5-7-13)11-20(21,22)23/h2-7,9,26H,8,10-11H2,1H3,(H,25,29)/t19-/m1/s1. The SMILES string of the molecule is C[C@@]1(c2nnc(-c3ncccc3Nc3ccc(CC(F)(F)F)cc3)o2)CCNC1=O. The first-order valence-corrected chi connectivity index (χ1v) is 9.25. The number of rotatable bonds is 5. The summed E-state index contributed by atoms with van der Waals surface area (Å²) in [6.45, 7) is 2.28. The van der Waals surface area contributed by atoms with E-state index in [2.05, 4.69) is 25.8 Å². The molecule has 156 valence electrons. The van der Waals surface area contributed by atoms with Gasteiger partial charge in [-0.1, -0.05) is 12.1 Å². The Bertz CT molecular complexity index is 1060. The van der Waals surface area contributed by atoms with Crippen LogP contribution in [0.1, 0.15) is 24.8 Å². The lowest BCUT2D eigenvalue weighted by Gasteiger charge is -2.14. The zero-order valence-electron chi connectivity index (χ0n) is 16.0. The number of nitrogens with zero attached hydrogens (tertiary/aromatic N) is 3. The van der Waals surface area contributed by atoms with Crippen molar-refractivity contribution in [3.05, 3.63) is 54.0 Å². The molecule has 1 saturated heterocycles. The van der Waals surface area contributed by atoms with E-state index in [0.29, 0.717) is 30.0 Å². The predicted octanol–water partition coefficient (Wildman–Crippen LogP) is 3.76. The van der Waals surface area contributed by atoms with Gasteiger partial charge in [0.25, 0.3) is 5.89 Å². The molecular formula is C20H18F3N5O2. The Balaban J connectivity index is 1.57. The summed E-state index contributed by atoms with van der Waals surface area (Å²) < 4.78 is 43.3. The summed E-state index contributed by atoms with van der Waals surface area (Å²) in [5.74, 6) is 0.180. The van der Waals surface area contributed by atoms with E-state index in [0.717, 1.165) is 0 Å². The van der Waals surface area contributed by atoms with Gasteiger partial charge in [0.2, 0.25) is 11.8 Å². The van der Waals surface area contributed by atoms with Gasteiger partial charge in [0.05, 0.1) is 12.1 Å². The molecule has 1 aromatic carbocycles. The van der Waals surface area contributed by atoms with E-state index in [1.54, 1.807) is 37.4 Å². The van der Waals surface area contributed by atoms with Gasteiger partial charge in [0.1, 0.15) is 5.41 Å². The number of carbonyl (C=O) groups is 1. The Morgan fingerprint density at radius 2 is 1.97 bits per heavy atom. The molecule has 0 unspecified atom stereocenters. The van der Waals surface area contributed by atoms with Gasteiger partial charge in [-0.2, -0.15) is 13.2 Å². The quantitative estimate of drug-likeness (QED) is 0.657. The lowest BCUT2D eigenvalue weighted by Crippen LogP contribution is -2.32. The molecule has 0 saturated carbocycles. The maximum Gasteiger partial charge on any atom is 0.393 e. The van der Waals surface area contributed by atoms with Crippen LogP contribution in [0, 0.1) is 0 Å². The molecule has 1 fully saturated rings. The van der Waals surface area contributed by atoms with Crippen molar-refractivity contribution >= 4 is 17.3 Å². The van der Waals surface area contributed by atoms with Gasteiger partial charge >= 0.3 is 6.18 Å². The van der Waals surface area contributed by atoms with Gasteiger partial charge in [-0.3, -0.25) is 4.79 Å². The van der Waals surface area contributed by atoms with Gasteiger partial charge < -0.3 is 15.1 Å². The smallest absolute Gasteiger partial charge is 0.393 e. The van der Waals surface area contributed by atoms with Crippen LogP contribution in [-0.2, 0) is 16.6 Å². The van der Waals surface area contributed by atoms with E-state index in [1.807, 2.05) is 0 Å². The topological polar surface area (TPSA) is 92.9 Å². The Morgan fingerprint density at radius 1 is 1.20 bits per heavy atom. The molecule has 0 spiro atoms. The molecule has 1 amide bonds. The van der Waals surface area contributed by atoms with Crippen LogP contribution >= 0.6 is 0 Å². The van der Waals surface area contributed by atoms with E-state index in [4.69, 9.17) is 4.42 Å². The van der Waals surface area contributed by atoms with Crippen molar-refractivity contribution in [2.24, 2.45) is 0 Å². The number of aromatic nitrogens is 3. The first kappa shape index (κ1) is 19.9. The van der Waals surface area contributed by atoms with Crippen LogP contribution in [-0.4, -0.2) is 33.8 Å². The molecule has 4 rings (SSSR count). The second-order valence-corrected chi connectivity index (χ2v) is 7.26. The summed E-state index contributed by atoms with van der Waals surface area (Å²) in [6.07, 6.45) is -3.14. The number of alkyl halides is 3. The molecule has 1 aliphatic heterocycles. The fraction of sp³-hybridized carbons (Fsp3) is 0.300. The number of hydrogen-bond acceptors (Lipinski definition) is 6. The Morgan fingerprint density at radius 3 is 2.63 bits per heavy atom. The zero-order chi connectivity index (χ0) is 21.4. The average molecular weight is 417 g/mol. The third kappa shape index (κ3) is 3.98. The molecule has 2 N–H and O–H groups in total. The normalized spacial score (nSPS) is 19.0. The van der Waals surface area contributed by atoms with Crippen LogP contribution in [0.5, 0.6) is 0 Å². The molecule has 3 heterocycles. The third-order valence-electron chi connectivity index (χ3n) is 4.96. The summed E-state index contributed by atoms with van der Waals surface area (Å²) in [4.78, 5) is 16.4. The summed E-state index contributed by atoms with van der Waals surface area (Å²) >= 11 is 0. The molecule has 1 atom stereocenters. The highest BCUT2D eigenvalue weighted by molar-refractivity contribution is 5.88. The van der Waals surface area contributed by atoms with E-state index in [9.17, 15) is 18.0 Å². The van der Waals surface area contributed by atoms with Crippen molar-refractivity contribution in [1.29, 1.82) is 0 Å². The molecule has 0 aliphatic carbocycles. The van der Waals surface area contributed by atoms with Crippen LogP contribution in [0.15, 0.2) is 47.0 Å². The number of amides is 1. The largest absolute Gasteiger partial charge is 0.418 e. The van der Waals surface area contributed by atoms with Crippen molar-refractivity contribution in [2.45, 2.75) is 31.4 Å². The minimum Gasteiger partial charge on any atom is -0.418 e. The van der Waals surface area contributed by atoms with Crippen molar-refractivity contribution in [1.82, 2.24) is 20.5 Å². The second kappa shape index (κ2) is 7.43. The van der Waals surface area contributed by atoms with Gasteiger partial charge in [-0.05, 0) is 43.2 Å². The van der Waals surface area contributed by atoms with Crippen LogP contribution in [0.3, 0.4) is 0 Å². The van der Waals surface area contributed by atoms with Gasteiger partial charge in [0.15, 0.2) is 5.69 Å². The van der Waals surface area contributed by atoms with Crippen molar-refractivity contribution in [3.63, 3.8) is 0 Å². The average Bonchev–Trinajstić information content (AvgIpc) is 3.31. The summed E-state index contributed by atoms with van der Waals surface area (Å²) in [5.41, 5.74) is 0.776. The monoisotopic (exact) mass is 417 g/mol. The third-order valence-corrected chi connectivity index (χ3v) is 4.96. The van der Waals surface area contributed by atoms with E-state index in [-0.39, 0.29) is 23.3 Å². The molecular weight excluding hydrogens is 399 g/mol. The lowest BCUT2D eigenvalue weighted by atomic mass is 9.89. The van der Waals surface area contributed by atoms with Crippen molar-refractivity contribution in [2.75, 3.05) is 11.9 Å². The van der Waals surface area contributed by atoms with Crippen LogP contribution in [0.4, 0.5) is 24.5 Å². The molecule has 10 heteroatoms. The van der Waals surface area contributed by atoms with Gasteiger partial charge in [-0.15, -0.1) is 10.2 Å². The van der Waals surface area contributed by atoms with Crippen LogP contribution < -0.4 is 10.6 Å². The minimum atomic E-state index is -4.26. The number of halogens is 3. The summed E-state index contributed by atoms with van der Waals surface area (Å²) in [6, 6.07) is 9.38. The predicted molar refractivity (Wildman–Crippen MR) is 102 cm³/mol. The van der Waals surface area contributed by atoms with E-state index in [1.165, 1.54) is 12.1 Å². The molecule has 7 nitrogen and oxygen atoms in total. The number of anilines is 2. The maximum atomic E-state index is 12.5. The Kier molecular flexibility index (Phi) is 4.92. The van der Waals surface area contributed by atoms with Crippen molar-refractivity contribution < 1.29 is 22.4 Å². The number of nitrogens with one attached hydrogen (secondary N) is 2. The van der Waals surface area contributed by atoms with Gasteiger partial charge in [0, 0.05) is 18.4 Å². The fourth-order valence-corrected chi connectivity index (χ4v) is 3.25. The first-order valence-electron chi connectivity index (χ1n) is 9.25. The lowest BCUT2D eigenvalue weighted by molar-refractivity contribution is -0.127. The Labute approximate surface area is 169 Å². The molecule has 0 radical (unpaired) electrons. The van der Waals surface area contributed by atoms with Crippen LogP contribution in [0.25, 0.3) is 11.6 Å². The van der Waals surface area contributed by atoms with E-state index < -0.39 is 18.0 Å². The van der Waals surface area contributed by atoms with Crippen LogP contribution in [0.2, 0.25) is 0 Å². The van der Waals surface area contributed by atoms with E-state index >= 15 is 0 Å². The molecule has 0 bridgehead atoms. The zero-order valence-corrected chi connectivity index (χ0v) is 16.0. The second-order valence-electron chi connectivity index (χ2n) is 7.26. The molecule has 30 heavy (non-hydrogen) atoms. The molecule has 1 aliphatic rings. The van der Waals surface area contributed by atoms with Crippen molar-refractivity contribution in [3.8, 4) is 11.6 Å². The number of pyridine rings is 1. The summed E-state index contributed by atoms with van der Waals surface area (Å²) in [5, 5.41) is 13.9. The highest BCUT2D eigenvalue weighted by Crippen LogP contribution is 2.34. The maximum absolute atomic E-state index is 12.5. The number of benzene rings is 1. The minimum absolute atomic E-state index is 0.141.